The lowest BCUT2D eigenvalue weighted by atomic mass is 10.0. The topological polar surface area (TPSA) is 38.0 Å². The van der Waals surface area contributed by atoms with Gasteiger partial charge in [-0.1, -0.05) is 22.0 Å². The van der Waals surface area contributed by atoms with Gasteiger partial charge in [0, 0.05) is 10.0 Å². The van der Waals surface area contributed by atoms with Gasteiger partial charge >= 0.3 is 0 Å². The number of hydrazine groups is 1. The number of halogens is 2. The van der Waals surface area contributed by atoms with Crippen LogP contribution in [-0.2, 0) is 0 Å². The van der Waals surface area contributed by atoms with Crippen LogP contribution in [0.4, 0.5) is 4.39 Å². The van der Waals surface area contributed by atoms with Crippen LogP contribution in [0.2, 0.25) is 0 Å². The maximum Gasteiger partial charge on any atom is 0.129 e. The van der Waals surface area contributed by atoms with Crippen molar-refractivity contribution in [2.45, 2.75) is 6.04 Å². The third kappa shape index (κ3) is 2.17. The Morgan fingerprint density at radius 1 is 1.38 bits per heavy atom. The quantitative estimate of drug-likeness (QED) is 0.675. The molecular weight excluding hydrogens is 291 g/mol. The highest BCUT2D eigenvalue weighted by molar-refractivity contribution is 9.10. The monoisotopic (exact) mass is 300 g/mol. The molecule has 0 aliphatic carbocycles. The summed E-state index contributed by atoms with van der Waals surface area (Å²) in [4.78, 5) is 0. The van der Waals surface area contributed by atoms with Gasteiger partial charge in [0.15, 0.2) is 0 Å². The molecular formula is C11H10BrFN2S. The van der Waals surface area contributed by atoms with Crippen molar-refractivity contribution < 1.29 is 4.39 Å². The van der Waals surface area contributed by atoms with E-state index < -0.39 is 0 Å². The van der Waals surface area contributed by atoms with E-state index in [9.17, 15) is 4.39 Å². The summed E-state index contributed by atoms with van der Waals surface area (Å²) in [5.74, 6) is 5.23. The van der Waals surface area contributed by atoms with Crippen molar-refractivity contribution in [3.8, 4) is 0 Å². The second kappa shape index (κ2) is 5.05. The predicted octanol–water partition coefficient (Wildman–Crippen LogP) is 3.20. The van der Waals surface area contributed by atoms with Crippen molar-refractivity contribution in [1.29, 1.82) is 0 Å². The number of rotatable bonds is 3. The smallest absolute Gasteiger partial charge is 0.129 e. The Bertz CT molecular complexity index is 453. The van der Waals surface area contributed by atoms with Crippen LogP contribution in [0, 0.1) is 5.82 Å². The Hall–Kier alpha value is -0.750. The summed E-state index contributed by atoms with van der Waals surface area (Å²) in [5.41, 5.74) is 4.13. The molecule has 1 atom stereocenters. The SMILES string of the molecule is NNC(c1ccsc1)c1c(F)cccc1Br. The Labute approximate surface area is 105 Å². The number of nitrogens with one attached hydrogen (secondary N) is 1. The minimum absolute atomic E-state index is 0.275. The van der Waals surface area contributed by atoms with Crippen LogP contribution in [0.5, 0.6) is 0 Å². The van der Waals surface area contributed by atoms with E-state index in [-0.39, 0.29) is 11.9 Å². The third-order valence-electron chi connectivity index (χ3n) is 2.33. The fourth-order valence-corrected chi connectivity index (χ4v) is 2.83. The van der Waals surface area contributed by atoms with Crippen LogP contribution < -0.4 is 11.3 Å². The van der Waals surface area contributed by atoms with E-state index in [2.05, 4.69) is 21.4 Å². The zero-order chi connectivity index (χ0) is 11.5. The Morgan fingerprint density at radius 3 is 2.75 bits per heavy atom. The highest BCUT2D eigenvalue weighted by atomic mass is 79.9. The molecule has 0 saturated carbocycles. The van der Waals surface area contributed by atoms with E-state index in [4.69, 9.17) is 5.84 Å². The highest BCUT2D eigenvalue weighted by Gasteiger charge is 2.19. The van der Waals surface area contributed by atoms with E-state index in [1.54, 1.807) is 23.5 Å². The standard InChI is InChI=1S/C11H10BrFN2S/c12-8-2-1-3-9(13)10(8)11(15-14)7-4-5-16-6-7/h1-6,11,15H,14H2. The Balaban J connectivity index is 2.49. The van der Waals surface area contributed by atoms with Gasteiger partial charge in [0.05, 0.1) is 6.04 Å². The molecule has 5 heteroatoms. The summed E-state index contributed by atoms with van der Waals surface area (Å²) < 4.78 is 14.5. The van der Waals surface area contributed by atoms with Crippen molar-refractivity contribution in [3.05, 3.63) is 56.4 Å². The van der Waals surface area contributed by atoms with Crippen molar-refractivity contribution in [3.63, 3.8) is 0 Å². The zero-order valence-corrected chi connectivity index (χ0v) is 10.7. The summed E-state index contributed by atoms with van der Waals surface area (Å²) >= 11 is 4.90. The van der Waals surface area contributed by atoms with Crippen molar-refractivity contribution in [1.82, 2.24) is 5.43 Å². The van der Waals surface area contributed by atoms with Gasteiger partial charge in [-0.25, -0.2) is 9.82 Å². The summed E-state index contributed by atoms with van der Waals surface area (Å²) in [7, 11) is 0. The molecule has 2 rings (SSSR count). The molecule has 0 aliphatic rings. The second-order valence-electron chi connectivity index (χ2n) is 3.29. The molecule has 0 aliphatic heterocycles. The molecule has 2 nitrogen and oxygen atoms in total. The largest absolute Gasteiger partial charge is 0.271 e. The number of hydrogen-bond donors (Lipinski definition) is 2. The number of hydrogen-bond acceptors (Lipinski definition) is 3. The summed E-state index contributed by atoms with van der Waals surface area (Å²) in [6.07, 6.45) is 0. The molecule has 1 aromatic carbocycles. The predicted molar refractivity (Wildman–Crippen MR) is 67.6 cm³/mol. The lowest BCUT2D eigenvalue weighted by molar-refractivity contribution is 0.558. The van der Waals surface area contributed by atoms with Gasteiger partial charge in [0.1, 0.15) is 5.82 Å². The molecule has 84 valence electrons. The van der Waals surface area contributed by atoms with Gasteiger partial charge < -0.3 is 0 Å². The molecule has 0 saturated heterocycles. The first kappa shape index (κ1) is 11.7. The van der Waals surface area contributed by atoms with E-state index in [0.29, 0.717) is 10.0 Å². The fraction of sp³-hybridized carbons (Fsp3) is 0.0909. The van der Waals surface area contributed by atoms with E-state index in [1.165, 1.54) is 6.07 Å². The number of benzene rings is 1. The maximum absolute atomic E-state index is 13.8. The third-order valence-corrected chi connectivity index (χ3v) is 3.72. The van der Waals surface area contributed by atoms with Crippen molar-refractivity contribution in [2.24, 2.45) is 5.84 Å². The van der Waals surface area contributed by atoms with E-state index in [0.717, 1.165) is 5.56 Å². The molecule has 0 fully saturated rings. The summed E-state index contributed by atoms with van der Waals surface area (Å²) in [5, 5.41) is 3.89. The minimum atomic E-state index is -0.332. The first-order valence-electron chi connectivity index (χ1n) is 4.66. The Morgan fingerprint density at radius 2 is 2.19 bits per heavy atom. The van der Waals surface area contributed by atoms with E-state index >= 15 is 0 Å². The van der Waals surface area contributed by atoms with Crippen LogP contribution in [0.15, 0.2) is 39.5 Å². The van der Waals surface area contributed by atoms with Crippen LogP contribution in [0.25, 0.3) is 0 Å². The average Bonchev–Trinajstić information content (AvgIpc) is 2.77. The van der Waals surface area contributed by atoms with Gasteiger partial charge in [-0.2, -0.15) is 11.3 Å². The molecule has 0 amide bonds. The second-order valence-corrected chi connectivity index (χ2v) is 4.93. The molecule has 0 spiro atoms. The normalized spacial score (nSPS) is 12.7. The average molecular weight is 301 g/mol. The summed E-state index contributed by atoms with van der Waals surface area (Å²) in [6, 6.07) is 6.48. The van der Waals surface area contributed by atoms with Gasteiger partial charge in [0.25, 0.3) is 0 Å². The minimum Gasteiger partial charge on any atom is -0.271 e. The van der Waals surface area contributed by atoms with Crippen molar-refractivity contribution >= 4 is 27.3 Å². The fourth-order valence-electron chi connectivity index (χ4n) is 1.57. The lowest BCUT2D eigenvalue weighted by Gasteiger charge is -2.17. The molecule has 1 heterocycles. The first-order valence-corrected chi connectivity index (χ1v) is 6.39. The first-order chi connectivity index (χ1) is 7.74. The molecule has 2 aromatic rings. The Kier molecular flexibility index (Phi) is 3.70. The molecule has 16 heavy (non-hydrogen) atoms. The molecule has 1 aromatic heterocycles. The number of thiophene rings is 1. The van der Waals surface area contributed by atoms with E-state index in [1.807, 2.05) is 16.8 Å². The summed E-state index contributed by atoms with van der Waals surface area (Å²) in [6.45, 7) is 0. The van der Waals surface area contributed by atoms with Crippen LogP contribution in [0.1, 0.15) is 17.2 Å². The van der Waals surface area contributed by atoms with Gasteiger partial charge in [-0.05, 0) is 34.5 Å². The van der Waals surface area contributed by atoms with Crippen LogP contribution in [0.3, 0.4) is 0 Å². The maximum atomic E-state index is 13.8. The highest BCUT2D eigenvalue weighted by Crippen LogP contribution is 2.31. The lowest BCUT2D eigenvalue weighted by Crippen LogP contribution is -2.29. The zero-order valence-electron chi connectivity index (χ0n) is 8.28. The van der Waals surface area contributed by atoms with Crippen molar-refractivity contribution in [2.75, 3.05) is 0 Å². The van der Waals surface area contributed by atoms with Gasteiger partial charge in [-0.3, -0.25) is 5.84 Å². The van der Waals surface area contributed by atoms with Crippen LogP contribution in [-0.4, -0.2) is 0 Å². The molecule has 3 N–H and O–H groups in total. The molecule has 0 radical (unpaired) electrons. The van der Waals surface area contributed by atoms with Gasteiger partial charge in [-0.15, -0.1) is 0 Å². The number of nitrogens with two attached hydrogens (primary N) is 1. The van der Waals surface area contributed by atoms with Gasteiger partial charge in [0.2, 0.25) is 0 Å². The van der Waals surface area contributed by atoms with Crippen LogP contribution >= 0.6 is 27.3 Å². The molecule has 0 bridgehead atoms. The molecule has 1 unspecified atom stereocenters.